The molecule has 1 saturated heterocycles. The Balaban J connectivity index is 0.000000221. The molecule has 4 rings (SSSR count). The van der Waals surface area contributed by atoms with Gasteiger partial charge >= 0.3 is 0 Å². The molecule has 2 aliphatic rings. The Morgan fingerprint density at radius 1 is 1.41 bits per heavy atom. The van der Waals surface area contributed by atoms with E-state index in [9.17, 15) is 9.59 Å². The Morgan fingerprint density at radius 2 is 2.19 bits per heavy atom. The SMILES string of the molecule is C#Cc1cccc(-c2nc(C(N)=O)n3c2CCC3)c1.CN1CCC(O)C1=O. The summed E-state index contributed by atoms with van der Waals surface area (Å²) in [6.45, 7) is 1.50. The smallest absolute Gasteiger partial charge is 0.284 e. The topological polar surface area (TPSA) is 101 Å². The average Bonchev–Trinajstić information content (AvgIpc) is 3.34. The van der Waals surface area contributed by atoms with Crippen molar-refractivity contribution in [1.82, 2.24) is 14.5 Å². The first-order chi connectivity index (χ1) is 12.9. The van der Waals surface area contributed by atoms with Gasteiger partial charge < -0.3 is 20.3 Å². The van der Waals surface area contributed by atoms with Gasteiger partial charge in [0, 0.05) is 37.0 Å². The van der Waals surface area contributed by atoms with Crippen molar-refractivity contribution in [3.8, 4) is 23.6 Å². The summed E-state index contributed by atoms with van der Waals surface area (Å²) in [5.74, 6) is 2.32. The molecule has 0 saturated carbocycles. The third kappa shape index (κ3) is 3.71. The maximum absolute atomic E-state index is 11.4. The van der Waals surface area contributed by atoms with Crippen LogP contribution in [0.3, 0.4) is 0 Å². The fourth-order valence-corrected chi connectivity index (χ4v) is 3.36. The predicted octanol–water partition coefficient (Wildman–Crippen LogP) is 0.786. The summed E-state index contributed by atoms with van der Waals surface area (Å²) in [6.07, 6.45) is 7.21. The van der Waals surface area contributed by atoms with Gasteiger partial charge in [-0.2, -0.15) is 0 Å². The van der Waals surface area contributed by atoms with Gasteiger partial charge in [0.05, 0.1) is 5.69 Å². The van der Waals surface area contributed by atoms with Gasteiger partial charge in [-0.05, 0) is 31.4 Å². The Labute approximate surface area is 157 Å². The number of fused-ring (bicyclic) bond motifs is 1. The lowest BCUT2D eigenvalue weighted by Crippen LogP contribution is -2.24. The summed E-state index contributed by atoms with van der Waals surface area (Å²) < 4.78 is 1.92. The van der Waals surface area contributed by atoms with Gasteiger partial charge in [0.1, 0.15) is 6.10 Å². The average molecular weight is 366 g/mol. The summed E-state index contributed by atoms with van der Waals surface area (Å²) in [5, 5.41) is 8.78. The molecule has 3 N–H and O–H groups in total. The number of carbonyl (C=O) groups excluding carboxylic acids is 2. The Hall–Kier alpha value is -3.11. The van der Waals surface area contributed by atoms with Crippen LogP contribution in [0.2, 0.25) is 0 Å². The molecule has 1 aromatic heterocycles. The molecule has 2 amide bonds. The third-order valence-electron chi connectivity index (χ3n) is 4.79. The highest BCUT2D eigenvalue weighted by Crippen LogP contribution is 2.29. The van der Waals surface area contributed by atoms with Gasteiger partial charge in [0.2, 0.25) is 0 Å². The number of imidazole rings is 1. The van der Waals surface area contributed by atoms with Crippen LogP contribution in [0.1, 0.15) is 34.7 Å². The molecule has 3 heterocycles. The highest BCUT2D eigenvalue weighted by Gasteiger charge is 2.26. The molecule has 7 nitrogen and oxygen atoms in total. The number of rotatable bonds is 2. The molecule has 140 valence electrons. The predicted molar refractivity (Wildman–Crippen MR) is 101 cm³/mol. The van der Waals surface area contributed by atoms with Crippen molar-refractivity contribution < 1.29 is 14.7 Å². The first-order valence-electron chi connectivity index (χ1n) is 8.81. The molecule has 0 spiro atoms. The lowest BCUT2D eigenvalue weighted by atomic mass is 10.1. The van der Waals surface area contributed by atoms with Crippen LogP contribution in [-0.4, -0.2) is 51.1 Å². The van der Waals surface area contributed by atoms with E-state index >= 15 is 0 Å². The standard InChI is InChI=1S/C15H13N3O.C5H9NO2/c1-2-10-5-3-6-11(9-10)13-12-7-4-8-18(12)15(17-13)14(16)19;1-6-3-2-4(7)5(6)8/h1,3,5-6,9H,4,7-8H2,(H2,16,19);4,7H,2-3H2,1H3. The van der Waals surface area contributed by atoms with Crippen molar-refractivity contribution in [3.63, 3.8) is 0 Å². The van der Waals surface area contributed by atoms with Gasteiger partial charge in [-0.3, -0.25) is 9.59 Å². The van der Waals surface area contributed by atoms with E-state index in [0.29, 0.717) is 18.8 Å². The first-order valence-corrected chi connectivity index (χ1v) is 8.81. The summed E-state index contributed by atoms with van der Waals surface area (Å²) in [7, 11) is 1.69. The van der Waals surface area contributed by atoms with Crippen molar-refractivity contribution in [2.45, 2.75) is 31.9 Å². The zero-order valence-electron chi connectivity index (χ0n) is 15.2. The minimum Gasteiger partial charge on any atom is -0.383 e. The van der Waals surface area contributed by atoms with E-state index in [-0.39, 0.29) is 5.91 Å². The second-order valence-corrected chi connectivity index (χ2v) is 6.64. The number of hydrogen-bond donors (Lipinski definition) is 2. The second kappa shape index (κ2) is 7.64. The first kappa shape index (κ1) is 18.7. The quantitative estimate of drug-likeness (QED) is 0.767. The lowest BCUT2D eigenvalue weighted by Gasteiger charge is -2.04. The zero-order chi connectivity index (χ0) is 19.6. The molecule has 0 radical (unpaired) electrons. The highest BCUT2D eigenvalue weighted by molar-refractivity contribution is 5.90. The van der Waals surface area contributed by atoms with E-state index < -0.39 is 12.0 Å². The molecule has 27 heavy (non-hydrogen) atoms. The molecule has 2 aliphatic heterocycles. The number of carbonyl (C=O) groups is 2. The van der Waals surface area contributed by atoms with Gasteiger partial charge in [-0.1, -0.05) is 18.1 Å². The summed E-state index contributed by atoms with van der Waals surface area (Å²) in [5.41, 5.74) is 9.02. The van der Waals surface area contributed by atoms with Crippen molar-refractivity contribution in [2.75, 3.05) is 13.6 Å². The van der Waals surface area contributed by atoms with Crippen LogP contribution in [0.4, 0.5) is 0 Å². The van der Waals surface area contributed by atoms with E-state index in [2.05, 4.69) is 10.9 Å². The number of aromatic nitrogens is 2. The van der Waals surface area contributed by atoms with Gasteiger partial charge in [0.15, 0.2) is 5.82 Å². The van der Waals surface area contributed by atoms with Crippen molar-refractivity contribution >= 4 is 11.8 Å². The van der Waals surface area contributed by atoms with E-state index in [1.54, 1.807) is 7.05 Å². The Morgan fingerprint density at radius 3 is 2.74 bits per heavy atom. The number of benzene rings is 1. The van der Waals surface area contributed by atoms with E-state index in [0.717, 1.165) is 41.9 Å². The molecule has 1 unspecified atom stereocenters. The van der Waals surface area contributed by atoms with Crippen LogP contribution in [0.5, 0.6) is 0 Å². The molecule has 1 atom stereocenters. The van der Waals surface area contributed by atoms with Crippen LogP contribution >= 0.6 is 0 Å². The molecular formula is C20H22N4O3. The summed E-state index contributed by atoms with van der Waals surface area (Å²) in [4.78, 5) is 27.9. The van der Waals surface area contributed by atoms with Crippen LogP contribution in [-0.2, 0) is 17.8 Å². The Bertz CT molecular complexity index is 914. The van der Waals surface area contributed by atoms with Crippen molar-refractivity contribution in [2.24, 2.45) is 5.73 Å². The molecule has 1 fully saturated rings. The second-order valence-electron chi connectivity index (χ2n) is 6.64. The Kier molecular flexibility index (Phi) is 5.28. The van der Waals surface area contributed by atoms with E-state index in [1.807, 2.05) is 28.8 Å². The van der Waals surface area contributed by atoms with Crippen LogP contribution in [0.25, 0.3) is 11.3 Å². The normalized spacial score (nSPS) is 17.9. The maximum Gasteiger partial charge on any atom is 0.284 e. The molecule has 0 aliphatic carbocycles. The van der Waals surface area contributed by atoms with Crippen LogP contribution in [0, 0.1) is 12.3 Å². The fourth-order valence-electron chi connectivity index (χ4n) is 3.36. The van der Waals surface area contributed by atoms with Gasteiger partial charge in [-0.25, -0.2) is 4.98 Å². The number of likely N-dealkylation sites (N-methyl/N-ethyl adjacent to an activating group) is 1. The summed E-state index contributed by atoms with van der Waals surface area (Å²) in [6, 6.07) is 7.63. The monoisotopic (exact) mass is 366 g/mol. The minimum atomic E-state index is -0.722. The molecule has 2 aromatic rings. The number of primary amides is 1. The number of likely N-dealkylation sites (tertiary alicyclic amines) is 1. The summed E-state index contributed by atoms with van der Waals surface area (Å²) >= 11 is 0. The molecule has 0 bridgehead atoms. The zero-order valence-corrected chi connectivity index (χ0v) is 15.2. The molecular weight excluding hydrogens is 344 g/mol. The highest BCUT2D eigenvalue weighted by atomic mass is 16.3. The molecule has 1 aromatic carbocycles. The fraction of sp³-hybridized carbons (Fsp3) is 0.350. The van der Waals surface area contributed by atoms with Crippen molar-refractivity contribution in [3.05, 3.63) is 41.3 Å². The number of nitrogens with zero attached hydrogens (tertiary/aromatic N) is 3. The third-order valence-corrected chi connectivity index (χ3v) is 4.79. The number of aliphatic hydroxyl groups is 1. The molecule has 7 heteroatoms. The van der Waals surface area contributed by atoms with E-state index in [4.69, 9.17) is 17.3 Å². The van der Waals surface area contributed by atoms with Gasteiger partial charge in [-0.15, -0.1) is 6.42 Å². The maximum atomic E-state index is 11.4. The number of hydrogen-bond acceptors (Lipinski definition) is 4. The number of amides is 2. The number of terminal acetylenes is 1. The van der Waals surface area contributed by atoms with E-state index in [1.165, 1.54) is 4.90 Å². The largest absolute Gasteiger partial charge is 0.383 e. The lowest BCUT2D eigenvalue weighted by molar-refractivity contribution is -0.133. The minimum absolute atomic E-state index is 0.148. The van der Waals surface area contributed by atoms with Crippen LogP contribution in [0.15, 0.2) is 24.3 Å². The van der Waals surface area contributed by atoms with Crippen LogP contribution < -0.4 is 5.73 Å². The van der Waals surface area contributed by atoms with Gasteiger partial charge in [0.25, 0.3) is 11.8 Å². The van der Waals surface area contributed by atoms with Crippen molar-refractivity contribution in [1.29, 1.82) is 0 Å². The number of nitrogens with two attached hydrogens (primary N) is 1. The number of aliphatic hydroxyl groups excluding tert-OH is 1.